The van der Waals surface area contributed by atoms with Crippen LogP contribution in [0.25, 0.3) is 0 Å². The number of hydrogen-bond acceptors (Lipinski definition) is 4. The Balaban J connectivity index is 1.78. The Morgan fingerprint density at radius 2 is 2.33 bits per heavy atom. The number of hydrogen-bond donors (Lipinski definition) is 4. The van der Waals surface area contributed by atoms with Crippen molar-refractivity contribution >= 4 is 5.91 Å². The van der Waals surface area contributed by atoms with Crippen molar-refractivity contribution in [3.63, 3.8) is 0 Å². The molecule has 2 heterocycles. The molecule has 1 saturated carbocycles. The van der Waals surface area contributed by atoms with E-state index in [0.29, 0.717) is 18.4 Å². The number of amides is 1. The van der Waals surface area contributed by atoms with Gasteiger partial charge in [-0.25, -0.2) is 10.4 Å². The molecule has 6 heteroatoms. The molecule has 1 aromatic heterocycles. The van der Waals surface area contributed by atoms with Crippen LogP contribution in [0.2, 0.25) is 0 Å². The lowest BCUT2D eigenvalue weighted by atomic mass is 9.69. The van der Waals surface area contributed by atoms with E-state index in [-0.39, 0.29) is 17.9 Å². The molecule has 5 N–H and O–H groups in total. The van der Waals surface area contributed by atoms with Gasteiger partial charge in [-0.1, -0.05) is 0 Å². The minimum Gasteiger partial charge on any atom is -0.348 e. The van der Waals surface area contributed by atoms with Crippen LogP contribution < -0.4 is 16.6 Å². The summed E-state index contributed by atoms with van der Waals surface area (Å²) in [4.78, 5) is 19.1. The summed E-state index contributed by atoms with van der Waals surface area (Å²) in [6.45, 7) is 0.553. The summed E-state index contributed by atoms with van der Waals surface area (Å²) in [7, 11) is 0. The zero-order chi connectivity index (χ0) is 12.5. The average molecular weight is 249 g/mol. The maximum atomic E-state index is 11.8. The number of carbonyl (C=O) groups excluding carboxylic acids is 1. The monoisotopic (exact) mass is 249 g/mol. The Morgan fingerprint density at radius 1 is 1.44 bits per heavy atom. The molecule has 18 heavy (non-hydrogen) atoms. The molecular formula is C12H19N5O. The third-order valence-electron chi connectivity index (χ3n) is 4.35. The van der Waals surface area contributed by atoms with Crippen molar-refractivity contribution < 1.29 is 4.79 Å². The Bertz CT molecular complexity index is 418. The molecule has 0 radical (unpaired) electrons. The third-order valence-corrected chi connectivity index (χ3v) is 4.35. The van der Waals surface area contributed by atoms with E-state index in [9.17, 15) is 4.79 Å². The highest BCUT2D eigenvalue weighted by Gasteiger charge is 2.42. The van der Waals surface area contributed by atoms with Crippen LogP contribution in [-0.2, 0) is 4.79 Å². The summed E-state index contributed by atoms with van der Waals surface area (Å²) in [6.07, 6.45) is 6.56. The van der Waals surface area contributed by atoms with Crippen molar-refractivity contribution in [1.82, 2.24) is 20.8 Å². The number of hydrazine groups is 1. The Morgan fingerprint density at radius 3 is 3.06 bits per heavy atom. The highest BCUT2D eigenvalue weighted by molar-refractivity contribution is 5.79. The van der Waals surface area contributed by atoms with Crippen molar-refractivity contribution in [1.29, 1.82) is 0 Å². The number of rotatable bonds is 2. The van der Waals surface area contributed by atoms with Crippen LogP contribution in [0.4, 0.5) is 0 Å². The topological polar surface area (TPSA) is 95.8 Å². The van der Waals surface area contributed by atoms with E-state index < -0.39 is 0 Å². The zero-order valence-electron chi connectivity index (χ0n) is 10.2. The third kappa shape index (κ3) is 1.91. The summed E-state index contributed by atoms with van der Waals surface area (Å²) in [5, 5.41) is 0. The highest BCUT2D eigenvalue weighted by Crippen LogP contribution is 2.41. The van der Waals surface area contributed by atoms with Gasteiger partial charge in [0.2, 0.25) is 5.91 Å². The molecule has 4 unspecified atom stereocenters. The van der Waals surface area contributed by atoms with Gasteiger partial charge in [-0.15, -0.1) is 0 Å². The van der Waals surface area contributed by atoms with Gasteiger partial charge in [-0.2, -0.15) is 0 Å². The van der Waals surface area contributed by atoms with Gasteiger partial charge in [0.05, 0.1) is 6.33 Å². The normalized spacial score (nSPS) is 35.9. The van der Waals surface area contributed by atoms with E-state index in [2.05, 4.69) is 20.8 Å². The predicted molar refractivity (Wildman–Crippen MR) is 66.3 cm³/mol. The maximum Gasteiger partial charge on any atom is 0.237 e. The average Bonchev–Trinajstić information content (AvgIpc) is 2.93. The smallest absolute Gasteiger partial charge is 0.237 e. The molecule has 3 rings (SSSR count). The Kier molecular flexibility index (Phi) is 3.05. The fourth-order valence-electron chi connectivity index (χ4n) is 3.35. The number of aromatic amines is 1. The molecule has 6 nitrogen and oxygen atoms in total. The minimum absolute atomic E-state index is 0.110. The molecule has 0 aromatic carbocycles. The molecule has 4 atom stereocenters. The Hall–Kier alpha value is -1.40. The van der Waals surface area contributed by atoms with Gasteiger partial charge in [0.1, 0.15) is 0 Å². The van der Waals surface area contributed by atoms with E-state index in [0.717, 1.165) is 19.3 Å². The maximum absolute atomic E-state index is 11.8. The molecule has 1 aliphatic heterocycles. The largest absolute Gasteiger partial charge is 0.348 e. The number of fused-ring (bicyclic) bond motifs is 1. The fourth-order valence-corrected chi connectivity index (χ4v) is 3.35. The molecule has 1 saturated heterocycles. The number of nitrogens with one attached hydrogen (secondary N) is 3. The molecule has 0 bridgehead atoms. The number of nitrogens with two attached hydrogens (primary N) is 1. The molecule has 1 aromatic rings. The summed E-state index contributed by atoms with van der Waals surface area (Å²) >= 11 is 0. The number of nitrogens with zero attached hydrogens (tertiary/aromatic N) is 1. The van der Waals surface area contributed by atoms with E-state index in [4.69, 9.17) is 5.73 Å². The Labute approximate surface area is 106 Å². The van der Waals surface area contributed by atoms with E-state index in [1.165, 1.54) is 5.69 Å². The van der Waals surface area contributed by atoms with Crippen molar-refractivity contribution in [2.24, 2.45) is 17.6 Å². The van der Waals surface area contributed by atoms with E-state index in [1.807, 2.05) is 6.20 Å². The van der Waals surface area contributed by atoms with Gasteiger partial charge in [0.15, 0.2) is 0 Å². The number of H-pyrrole nitrogens is 1. The van der Waals surface area contributed by atoms with Crippen LogP contribution in [0.3, 0.4) is 0 Å². The highest BCUT2D eigenvalue weighted by atomic mass is 16.2. The van der Waals surface area contributed by atoms with E-state index >= 15 is 0 Å². The van der Waals surface area contributed by atoms with Gasteiger partial charge in [0, 0.05) is 36.3 Å². The second-order valence-corrected chi connectivity index (χ2v) is 5.26. The number of aromatic nitrogens is 2. The van der Waals surface area contributed by atoms with Crippen molar-refractivity contribution in [2.45, 2.75) is 31.2 Å². The number of imidazole rings is 1. The first-order valence-electron chi connectivity index (χ1n) is 6.53. The first-order valence-corrected chi connectivity index (χ1v) is 6.53. The second kappa shape index (κ2) is 4.70. The molecule has 98 valence electrons. The quantitative estimate of drug-likeness (QED) is 0.587. The first-order chi connectivity index (χ1) is 8.79. The van der Waals surface area contributed by atoms with Crippen LogP contribution >= 0.6 is 0 Å². The van der Waals surface area contributed by atoms with Crippen molar-refractivity contribution in [3.05, 3.63) is 18.2 Å². The minimum atomic E-state index is 0.110. The molecule has 2 aliphatic rings. The molecule has 1 amide bonds. The van der Waals surface area contributed by atoms with Crippen LogP contribution in [0, 0.1) is 11.8 Å². The van der Waals surface area contributed by atoms with Crippen molar-refractivity contribution in [2.75, 3.05) is 6.54 Å². The van der Waals surface area contributed by atoms with Gasteiger partial charge >= 0.3 is 0 Å². The SMILES string of the molecule is NCC1NNC(=O)C2CCC(c3cnc[nH]3)CC12. The second-order valence-electron chi connectivity index (χ2n) is 5.26. The molecule has 0 spiro atoms. The summed E-state index contributed by atoms with van der Waals surface area (Å²) < 4.78 is 0. The lowest BCUT2D eigenvalue weighted by Crippen LogP contribution is -2.62. The van der Waals surface area contributed by atoms with Crippen LogP contribution in [0.5, 0.6) is 0 Å². The van der Waals surface area contributed by atoms with Gasteiger partial charge in [-0.05, 0) is 25.2 Å². The van der Waals surface area contributed by atoms with Gasteiger partial charge < -0.3 is 10.7 Å². The van der Waals surface area contributed by atoms with Crippen LogP contribution in [0.1, 0.15) is 30.9 Å². The number of carbonyl (C=O) groups is 1. The van der Waals surface area contributed by atoms with Gasteiger partial charge in [0.25, 0.3) is 0 Å². The fraction of sp³-hybridized carbons (Fsp3) is 0.667. The molecular weight excluding hydrogens is 230 g/mol. The lowest BCUT2D eigenvalue weighted by molar-refractivity contribution is -0.133. The molecule has 1 aliphatic carbocycles. The predicted octanol–water partition coefficient (Wildman–Crippen LogP) is -0.129. The van der Waals surface area contributed by atoms with E-state index in [1.54, 1.807) is 6.33 Å². The summed E-state index contributed by atoms with van der Waals surface area (Å²) in [5.74, 6) is 1.02. The summed E-state index contributed by atoms with van der Waals surface area (Å²) in [5.41, 5.74) is 12.7. The summed E-state index contributed by atoms with van der Waals surface area (Å²) in [6, 6.07) is 0.179. The lowest BCUT2D eigenvalue weighted by Gasteiger charge is -2.43. The first kappa shape index (κ1) is 11.7. The van der Waals surface area contributed by atoms with Crippen molar-refractivity contribution in [3.8, 4) is 0 Å². The van der Waals surface area contributed by atoms with Crippen LogP contribution in [-0.4, -0.2) is 28.5 Å². The van der Waals surface area contributed by atoms with Crippen LogP contribution in [0.15, 0.2) is 12.5 Å². The standard InChI is InChI=1S/C12H19N5O/c13-4-10-9-3-7(11-5-14-6-15-11)1-2-8(9)12(18)17-16-10/h5-10,16H,1-4,13H2,(H,14,15)(H,17,18). The van der Waals surface area contributed by atoms with Gasteiger partial charge in [-0.3, -0.25) is 10.2 Å². The zero-order valence-corrected chi connectivity index (χ0v) is 10.2. The molecule has 2 fully saturated rings.